The van der Waals surface area contributed by atoms with Crippen molar-refractivity contribution in [3.8, 4) is 0 Å². The third-order valence-electron chi connectivity index (χ3n) is 6.52. The first kappa shape index (κ1) is 19.4. The van der Waals surface area contributed by atoms with Crippen molar-refractivity contribution in [1.29, 1.82) is 0 Å². The number of carbonyl (C=O) groups is 2. The number of piperidine rings is 1. The van der Waals surface area contributed by atoms with Crippen LogP contribution < -0.4 is 10.9 Å². The largest absolute Gasteiger partial charge is 0.466 e. The summed E-state index contributed by atoms with van der Waals surface area (Å²) in [4.78, 5) is 27.6. The van der Waals surface area contributed by atoms with Gasteiger partial charge in [0.1, 0.15) is 6.04 Å². The smallest absolute Gasteiger partial charge is 0.312 e. The van der Waals surface area contributed by atoms with Gasteiger partial charge in [-0.05, 0) is 44.1 Å². The monoisotopic (exact) mass is 385 g/mol. The predicted octanol–water partition coefficient (Wildman–Crippen LogP) is 2.57. The fraction of sp³-hybridized carbons (Fsp3) is 0.636. The van der Waals surface area contributed by atoms with E-state index >= 15 is 0 Å². The summed E-state index contributed by atoms with van der Waals surface area (Å²) in [6.45, 7) is 3.56. The first-order valence-corrected chi connectivity index (χ1v) is 10.6. The molecule has 1 aromatic rings. The van der Waals surface area contributed by atoms with Gasteiger partial charge in [-0.25, -0.2) is 10.9 Å². The summed E-state index contributed by atoms with van der Waals surface area (Å²) in [5.41, 5.74) is 7.23. The Bertz CT molecular complexity index is 696. The van der Waals surface area contributed by atoms with Crippen molar-refractivity contribution in [2.75, 3.05) is 19.7 Å². The second kappa shape index (κ2) is 8.21. The topological polar surface area (TPSA) is 70.7 Å². The van der Waals surface area contributed by atoms with Crippen LogP contribution in [-0.2, 0) is 14.3 Å². The van der Waals surface area contributed by atoms with Crippen molar-refractivity contribution in [3.63, 3.8) is 0 Å². The molecule has 0 spiro atoms. The van der Waals surface area contributed by atoms with Crippen LogP contribution in [0.4, 0.5) is 0 Å². The van der Waals surface area contributed by atoms with Crippen molar-refractivity contribution in [2.45, 2.75) is 57.5 Å². The highest BCUT2D eigenvalue weighted by atomic mass is 16.5. The molecule has 152 valence electrons. The normalized spacial score (nSPS) is 26.8. The van der Waals surface area contributed by atoms with Crippen LogP contribution in [0.2, 0.25) is 0 Å². The predicted molar refractivity (Wildman–Crippen MR) is 106 cm³/mol. The summed E-state index contributed by atoms with van der Waals surface area (Å²) in [6, 6.07) is 10.1. The van der Waals surface area contributed by atoms with E-state index in [2.05, 4.69) is 23.0 Å². The number of amides is 1. The molecule has 1 aromatic carbocycles. The highest BCUT2D eigenvalue weighted by molar-refractivity contribution is 5.83. The molecule has 3 aliphatic rings. The van der Waals surface area contributed by atoms with E-state index < -0.39 is 0 Å². The maximum atomic E-state index is 13.0. The number of nitrogens with one attached hydrogen (secondary N) is 2. The minimum absolute atomic E-state index is 0.0567. The number of ether oxygens (including phenoxy) is 1. The number of hydrazine groups is 1. The van der Waals surface area contributed by atoms with Crippen molar-refractivity contribution in [3.05, 3.63) is 35.9 Å². The molecule has 0 radical (unpaired) electrons. The van der Waals surface area contributed by atoms with E-state index in [1.165, 1.54) is 18.4 Å². The number of hydrogen-bond donors (Lipinski definition) is 2. The van der Waals surface area contributed by atoms with Gasteiger partial charge in [-0.1, -0.05) is 43.2 Å². The van der Waals surface area contributed by atoms with Gasteiger partial charge in [0.15, 0.2) is 0 Å². The van der Waals surface area contributed by atoms with Crippen LogP contribution in [0.5, 0.6) is 0 Å². The van der Waals surface area contributed by atoms with Crippen LogP contribution in [-0.4, -0.2) is 42.5 Å². The average Bonchev–Trinajstić information content (AvgIpc) is 3.40. The molecule has 2 heterocycles. The molecule has 0 bridgehead atoms. The molecular formula is C22H31N3O3. The Balaban J connectivity index is 1.35. The Morgan fingerprint density at radius 1 is 1.14 bits per heavy atom. The number of likely N-dealkylation sites (tertiary alicyclic amines) is 1. The molecule has 28 heavy (non-hydrogen) atoms. The first-order valence-electron chi connectivity index (χ1n) is 10.6. The van der Waals surface area contributed by atoms with Gasteiger partial charge < -0.3 is 9.64 Å². The summed E-state index contributed by atoms with van der Waals surface area (Å²) in [7, 11) is 0. The van der Waals surface area contributed by atoms with Crippen LogP contribution in [0.3, 0.4) is 0 Å². The summed E-state index contributed by atoms with van der Waals surface area (Å²) < 4.78 is 5.41. The van der Waals surface area contributed by atoms with Crippen molar-refractivity contribution >= 4 is 11.9 Å². The molecule has 4 rings (SSSR count). The van der Waals surface area contributed by atoms with E-state index in [-0.39, 0.29) is 29.4 Å². The SMILES string of the molecule is CCOC(=O)C1(CC2CC2)CCN(C(=O)C2CC(c3ccccc3)NN2)CC1. The summed E-state index contributed by atoms with van der Waals surface area (Å²) in [6.07, 6.45) is 5.55. The van der Waals surface area contributed by atoms with E-state index in [4.69, 9.17) is 4.74 Å². The van der Waals surface area contributed by atoms with Crippen molar-refractivity contribution in [1.82, 2.24) is 15.8 Å². The molecule has 2 saturated heterocycles. The molecule has 2 aliphatic heterocycles. The Morgan fingerprint density at radius 3 is 2.50 bits per heavy atom. The van der Waals surface area contributed by atoms with Crippen molar-refractivity contribution < 1.29 is 14.3 Å². The van der Waals surface area contributed by atoms with E-state index in [0.717, 1.165) is 25.7 Å². The quantitative estimate of drug-likeness (QED) is 0.737. The van der Waals surface area contributed by atoms with Gasteiger partial charge in [0.05, 0.1) is 12.0 Å². The molecule has 6 heteroatoms. The lowest BCUT2D eigenvalue weighted by Gasteiger charge is -2.40. The number of hydrogen-bond acceptors (Lipinski definition) is 5. The van der Waals surface area contributed by atoms with Crippen LogP contribution >= 0.6 is 0 Å². The standard InChI is InChI=1S/C22H31N3O3/c1-2-28-21(27)22(15-16-8-9-16)10-12-25(13-11-22)20(26)19-14-18(23-24-19)17-6-4-3-5-7-17/h3-7,16,18-19,23-24H,2,8-15H2,1H3. The maximum absolute atomic E-state index is 13.0. The second-order valence-corrected chi connectivity index (χ2v) is 8.51. The van der Waals surface area contributed by atoms with Gasteiger partial charge in [0, 0.05) is 19.1 Å². The molecule has 2 unspecified atom stereocenters. The summed E-state index contributed by atoms with van der Waals surface area (Å²) >= 11 is 0. The van der Waals surface area contributed by atoms with Crippen molar-refractivity contribution in [2.24, 2.45) is 11.3 Å². The lowest BCUT2D eigenvalue weighted by Crippen LogP contribution is -2.52. The average molecular weight is 386 g/mol. The lowest BCUT2D eigenvalue weighted by molar-refractivity contribution is -0.161. The van der Waals surface area contributed by atoms with Gasteiger partial charge in [0.25, 0.3) is 0 Å². The molecule has 1 amide bonds. The van der Waals surface area contributed by atoms with Crippen LogP contribution in [0.15, 0.2) is 30.3 Å². The zero-order valence-corrected chi connectivity index (χ0v) is 16.7. The van der Waals surface area contributed by atoms with E-state index in [1.54, 1.807) is 0 Å². The fourth-order valence-corrected chi connectivity index (χ4v) is 4.65. The molecule has 0 aromatic heterocycles. The number of nitrogens with zero attached hydrogens (tertiary/aromatic N) is 1. The van der Waals surface area contributed by atoms with Gasteiger partial charge in [-0.3, -0.25) is 9.59 Å². The molecule has 3 fully saturated rings. The highest BCUT2D eigenvalue weighted by Crippen LogP contribution is 2.46. The summed E-state index contributed by atoms with van der Waals surface area (Å²) in [5, 5.41) is 0. The third kappa shape index (κ3) is 4.08. The maximum Gasteiger partial charge on any atom is 0.312 e. The molecule has 1 aliphatic carbocycles. The second-order valence-electron chi connectivity index (χ2n) is 8.51. The zero-order valence-electron chi connectivity index (χ0n) is 16.7. The van der Waals surface area contributed by atoms with Gasteiger partial charge >= 0.3 is 5.97 Å². The van der Waals surface area contributed by atoms with Gasteiger partial charge in [-0.15, -0.1) is 0 Å². The molecule has 6 nitrogen and oxygen atoms in total. The molecule has 2 atom stereocenters. The first-order chi connectivity index (χ1) is 13.6. The third-order valence-corrected chi connectivity index (χ3v) is 6.52. The molecule has 1 saturated carbocycles. The van der Waals surface area contributed by atoms with E-state index in [0.29, 0.717) is 25.6 Å². The van der Waals surface area contributed by atoms with Gasteiger partial charge in [-0.2, -0.15) is 0 Å². The number of rotatable bonds is 6. The summed E-state index contributed by atoms with van der Waals surface area (Å²) in [5.74, 6) is 0.743. The Hall–Kier alpha value is -1.92. The Labute approximate surface area is 167 Å². The van der Waals surface area contributed by atoms with Crippen LogP contribution in [0, 0.1) is 11.3 Å². The number of esters is 1. The number of carbonyl (C=O) groups excluding carboxylic acids is 2. The van der Waals surface area contributed by atoms with Crippen LogP contribution in [0.25, 0.3) is 0 Å². The zero-order chi connectivity index (χ0) is 19.6. The molecule has 2 N–H and O–H groups in total. The Morgan fingerprint density at radius 2 is 1.86 bits per heavy atom. The van der Waals surface area contributed by atoms with E-state index in [9.17, 15) is 9.59 Å². The number of benzene rings is 1. The Kier molecular flexibility index (Phi) is 5.69. The fourth-order valence-electron chi connectivity index (χ4n) is 4.65. The van der Waals surface area contributed by atoms with E-state index in [1.807, 2.05) is 30.0 Å². The molecular weight excluding hydrogens is 354 g/mol. The minimum Gasteiger partial charge on any atom is -0.466 e. The highest BCUT2D eigenvalue weighted by Gasteiger charge is 2.47. The van der Waals surface area contributed by atoms with Gasteiger partial charge in [0.2, 0.25) is 5.91 Å². The van der Waals surface area contributed by atoms with Crippen LogP contribution in [0.1, 0.15) is 57.1 Å². The lowest BCUT2D eigenvalue weighted by atomic mass is 9.74. The minimum atomic E-state index is -0.387.